The highest BCUT2D eigenvalue weighted by Gasteiger charge is 2.30. The van der Waals surface area contributed by atoms with Crippen LogP contribution in [0.15, 0.2) is 146 Å². The predicted molar refractivity (Wildman–Crippen MR) is 321 cm³/mol. The van der Waals surface area contributed by atoms with Gasteiger partial charge in [0.2, 0.25) is 30.1 Å². The van der Waals surface area contributed by atoms with Gasteiger partial charge in [-0.3, -0.25) is 28.5 Å². The first-order valence-electron chi connectivity index (χ1n) is 25.6. The number of benzene rings is 6. The van der Waals surface area contributed by atoms with E-state index in [4.69, 9.17) is 44.3 Å². The number of halogens is 6. The second kappa shape index (κ2) is 28.7. The van der Waals surface area contributed by atoms with Crippen molar-refractivity contribution in [2.24, 2.45) is 0 Å². The van der Waals surface area contributed by atoms with Crippen LogP contribution in [0.2, 0.25) is 15.1 Å². The van der Waals surface area contributed by atoms with E-state index in [-0.39, 0.29) is 78.9 Å². The van der Waals surface area contributed by atoms with Crippen LogP contribution in [0.25, 0.3) is 0 Å². The summed E-state index contributed by atoms with van der Waals surface area (Å²) in [7, 11) is -11.0. The van der Waals surface area contributed by atoms with Crippen molar-refractivity contribution in [2.45, 2.75) is 55.8 Å². The number of amides is 3. The number of nitrogens with zero attached hydrogens (tertiary/aromatic N) is 1. The van der Waals surface area contributed by atoms with E-state index in [0.29, 0.717) is 48.6 Å². The number of ether oxygens (including phenoxy) is 2. The van der Waals surface area contributed by atoms with Gasteiger partial charge in [-0.15, -0.1) is 0 Å². The van der Waals surface area contributed by atoms with Gasteiger partial charge in [-0.25, -0.2) is 43.4 Å². The fourth-order valence-corrected chi connectivity index (χ4v) is 12.4. The summed E-state index contributed by atoms with van der Waals surface area (Å²) >= 11 is 17.1. The van der Waals surface area contributed by atoms with Crippen LogP contribution < -0.4 is 30.1 Å². The SMILES string of the molecule is CC(C)(O)c1ccc(CS(=O)(=O)Nc2cc(C(=O)Nc3ccc(F)c(Cl)c3)ccn2)cc1.O=C(Nc1ccc(F)c(Cl)c1)c1cccc(NS(=O)(=O)C2CCOC2)c1.O=C(Nc1ccc(F)c(Cl)c1)c1cccc(NS(=O)(=O)CC2CCCO2)c1. The molecule has 6 aromatic carbocycles. The van der Waals surface area contributed by atoms with Crippen LogP contribution in [-0.2, 0) is 50.9 Å². The quantitative estimate of drug-likeness (QED) is 0.0421. The largest absolute Gasteiger partial charge is 0.386 e. The molecule has 7 aromatic rings. The summed E-state index contributed by atoms with van der Waals surface area (Å²) in [5, 5.41) is 16.8. The lowest BCUT2D eigenvalue weighted by Crippen LogP contribution is -2.28. The molecule has 2 aliphatic heterocycles. The van der Waals surface area contributed by atoms with E-state index in [2.05, 4.69) is 35.1 Å². The minimum atomic E-state index is -3.81. The lowest BCUT2D eigenvalue weighted by molar-refractivity contribution is 0.0785. The van der Waals surface area contributed by atoms with E-state index >= 15 is 0 Å². The average molecular weight is 1290 g/mol. The van der Waals surface area contributed by atoms with Crippen LogP contribution in [0, 0.1) is 17.5 Å². The maximum Gasteiger partial charge on any atom is 0.255 e. The number of pyridine rings is 1. The molecule has 85 heavy (non-hydrogen) atoms. The first-order valence-corrected chi connectivity index (χ1v) is 31.6. The van der Waals surface area contributed by atoms with Crippen molar-refractivity contribution in [3.05, 3.63) is 206 Å². The molecule has 2 atom stereocenters. The Morgan fingerprint density at radius 2 is 1.08 bits per heavy atom. The number of carbonyl (C=O) groups excluding carboxylic acids is 3. The van der Waals surface area contributed by atoms with Crippen LogP contribution in [-0.4, -0.2) is 90.0 Å². The molecule has 7 N–H and O–H groups in total. The van der Waals surface area contributed by atoms with Gasteiger partial charge in [0.25, 0.3) is 17.7 Å². The van der Waals surface area contributed by atoms with Crippen molar-refractivity contribution in [3.8, 4) is 0 Å². The molecular formula is C57H55Cl3F3N7O12S3. The van der Waals surface area contributed by atoms with E-state index < -0.39 is 76.1 Å². The van der Waals surface area contributed by atoms with E-state index in [9.17, 15) is 57.9 Å². The third-order valence-electron chi connectivity index (χ3n) is 12.4. The lowest BCUT2D eigenvalue weighted by atomic mass is 9.98. The van der Waals surface area contributed by atoms with Crippen LogP contribution in [0.3, 0.4) is 0 Å². The zero-order valence-corrected chi connectivity index (χ0v) is 49.8. The van der Waals surface area contributed by atoms with Crippen molar-refractivity contribution in [2.75, 3.05) is 55.7 Å². The van der Waals surface area contributed by atoms with Crippen molar-refractivity contribution in [3.63, 3.8) is 0 Å². The third-order valence-corrected chi connectivity index (χ3v) is 17.6. The smallest absolute Gasteiger partial charge is 0.255 e. The summed E-state index contributed by atoms with van der Waals surface area (Å²) in [6.07, 6.45) is 2.98. The number of aromatic nitrogens is 1. The van der Waals surface area contributed by atoms with Gasteiger partial charge in [-0.1, -0.05) is 71.2 Å². The molecule has 0 bridgehead atoms. The molecule has 3 heterocycles. The maximum atomic E-state index is 13.3. The molecule has 19 nitrogen and oxygen atoms in total. The highest BCUT2D eigenvalue weighted by molar-refractivity contribution is 7.93. The second-order valence-electron chi connectivity index (χ2n) is 19.6. The zero-order valence-electron chi connectivity index (χ0n) is 45.0. The number of aliphatic hydroxyl groups is 1. The molecule has 1 aromatic heterocycles. The normalized spacial score (nSPS) is 15.0. The lowest BCUT2D eigenvalue weighted by Gasteiger charge is -2.18. The molecule has 0 aliphatic carbocycles. The zero-order chi connectivity index (χ0) is 61.7. The number of hydrogen-bond acceptors (Lipinski definition) is 13. The molecule has 0 radical (unpaired) electrons. The summed E-state index contributed by atoms with van der Waals surface area (Å²) in [4.78, 5) is 41.1. The molecule has 0 saturated carbocycles. The fourth-order valence-electron chi connectivity index (χ4n) is 8.08. The van der Waals surface area contributed by atoms with Gasteiger partial charge in [-0.2, -0.15) is 0 Å². The number of hydrogen-bond donors (Lipinski definition) is 7. The summed E-state index contributed by atoms with van der Waals surface area (Å²) in [5.41, 5.74) is 2.29. The Bertz CT molecular complexity index is 3910. The highest BCUT2D eigenvalue weighted by Crippen LogP contribution is 2.26. The molecule has 0 spiro atoms. The fraction of sp³-hybridized carbons (Fsp3) is 0.228. The van der Waals surface area contributed by atoms with Gasteiger partial charge in [0.15, 0.2) is 0 Å². The molecule has 450 valence electrons. The summed E-state index contributed by atoms with van der Waals surface area (Å²) in [5.74, 6) is -3.74. The Morgan fingerprint density at radius 3 is 1.53 bits per heavy atom. The van der Waals surface area contributed by atoms with Crippen LogP contribution in [0.5, 0.6) is 0 Å². The average Bonchev–Trinajstić information content (AvgIpc) is 4.17. The second-order valence-corrected chi connectivity index (χ2v) is 26.3. The molecule has 2 saturated heterocycles. The predicted octanol–water partition coefficient (Wildman–Crippen LogP) is 11.2. The van der Waals surface area contributed by atoms with Gasteiger partial charge in [0.1, 0.15) is 28.5 Å². The van der Waals surface area contributed by atoms with Crippen LogP contribution in [0.1, 0.15) is 75.3 Å². The number of carbonyl (C=O) groups is 3. The molecular weight excluding hydrogens is 1230 g/mol. The van der Waals surface area contributed by atoms with Crippen molar-refractivity contribution < 1.29 is 67.4 Å². The van der Waals surface area contributed by atoms with E-state index in [1.165, 1.54) is 72.9 Å². The standard InChI is InChI=1S/C22H21ClFN3O4S.C18H18ClFN2O4S.C17H16ClFN2O4S/c1-22(2,29)16-5-3-14(4-6-16)13-32(30,31)27-20-11-15(9-10-25-20)21(28)26-17-7-8-19(24)18(23)12-17;19-16-10-13(6-7-17(16)20)21-18(23)12-3-1-4-14(9-12)22-27(24,25)11-15-5-2-8-26-15;18-15-9-12(4-5-16(15)19)20-17(22)11-2-1-3-13(8-11)21-26(23,24)14-6-7-25-10-14/h3-12,29H,13H2,1-2H3,(H,25,27)(H,26,28);1,3-4,6-7,9-10,15,22H,2,5,8,11H2,(H,21,23);1-5,8-9,14,21H,6-7,10H2,(H,20,22). The van der Waals surface area contributed by atoms with Gasteiger partial charge in [0, 0.05) is 64.5 Å². The highest BCUT2D eigenvalue weighted by atomic mass is 35.5. The summed E-state index contributed by atoms with van der Waals surface area (Å²) in [6, 6.07) is 32.8. The Balaban J connectivity index is 0.000000184. The summed E-state index contributed by atoms with van der Waals surface area (Å²) in [6.45, 7) is 4.41. The summed E-state index contributed by atoms with van der Waals surface area (Å²) < 4.78 is 132. The van der Waals surface area contributed by atoms with Crippen molar-refractivity contribution in [1.29, 1.82) is 0 Å². The number of anilines is 6. The number of nitrogens with one attached hydrogen (secondary N) is 6. The van der Waals surface area contributed by atoms with Crippen LogP contribution in [0.4, 0.5) is 47.4 Å². The molecule has 3 amide bonds. The first kappa shape index (κ1) is 65.2. The topological polar surface area (TPSA) is 277 Å². The van der Waals surface area contributed by atoms with Crippen molar-refractivity contribution in [1.82, 2.24) is 4.98 Å². The Kier molecular flexibility index (Phi) is 22.0. The minimum Gasteiger partial charge on any atom is -0.386 e. The molecule has 9 rings (SSSR count). The van der Waals surface area contributed by atoms with Crippen LogP contribution >= 0.6 is 34.8 Å². The number of sulfonamides is 3. The van der Waals surface area contributed by atoms with Gasteiger partial charge >= 0.3 is 0 Å². The van der Waals surface area contributed by atoms with E-state index in [1.54, 1.807) is 68.4 Å². The van der Waals surface area contributed by atoms with Gasteiger partial charge in [0.05, 0.1) is 44.9 Å². The molecule has 2 fully saturated rings. The molecule has 2 unspecified atom stereocenters. The maximum absolute atomic E-state index is 13.3. The van der Waals surface area contributed by atoms with Crippen molar-refractivity contribution >= 4 is 117 Å². The minimum absolute atomic E-state index is 0.0251. The van der Waals surface area contributed by atoms with E-state index in [0.717, 1.165) is 24.6 Å². The Morgan fingerprint density at radius 1 is 0.588 bits per heavy atom. The number of rotatable bonds is 18. The van der Waals surface area contributed by atoms with Gasteiger partial charge in [-0.05, 0) is 147 Å². The Hall–Kier alpha value is -7.33. The third kappa shape index (κ3) is 19.9. The molecule has 2 aliphatic rings. The van der Waals surface area contributed by atoms with Gasteiger partial charge < -0.3 is 30.5 Å². The molecule has 28 heteroatoms. The van der Waals surface area contributed by atoms with E-state index in [1.807, 2.05) is 0 Å². The Labute approximate surface area is 503 Å². The first-order chi connectivity index (χ1) is 40.1. The monoisotopic (exact) mass is 1290 g/mol.